The molecule has 1 aliphatic rings. The first kappa shape index (κ1) is 32.2. The van der Waals surface area contributed by atoms with Gasteiger partial charge in [-0.25, -0.2) is 4.58 Å². The molecule has 0 radical (unpaired) electrons. The van der Waals surface area contributed by atoms with Gasteiger partial charge >= 0.3 is 0 Å². The predicted molar refractivity (Wildman–Crippen MR) is 172 cm³/mol. The maximum atomic E-state index is 6.49. The molecule has 0 N–H and O–H groups in total. The molecule has 40 heavy (non-hydrogen) atoms. The van der Waals surface area contributed by atoms with Crippen LogP contribution in [0.3, 0.4) is 0 Å². The van der Waals surface area contributed by atoms with Crippen LogP contribution in [0.1, 0.15) is 139 Å². The molecule has 3 nitrogen and oxygen atoms in total. The molecular weight excluding hydrogens is 490 g/mol. The van der Waals surface area contributed by atoms with Crippen molar-refractivity contribution in [3.8, 4) is 11.5 Å². The van der Waals surface area contributed by atoms with Crippen molar-refractivity contribution in [2.75, 3.05) is 20.3 Å². The zero-order valence-electron chi connectivity index (χ0n) is 26.4. The van der Waals surface area contributed by atoms with E-state index in [2.05, 4.69) is 61.7 Å². The van der Waals surface area contributed by atoms with Crippen molar-refractivity contribution in [1.29, 1.82) is 0 Å². The molecule has 3 rings (SSSR count). The van der Waals surface area contributed by atoms with E-state index in [9.17, 15) is 0 Å². The van der Waals surface area contributed by atoms with Gasteiger partial charge in [0.2, 0.25) is 0 Å². The second kappa shape index (κ2) is 18.9. The van der Waals surface area contributed by atoms with Crippen LogP contribution < -0.4 is 9.47 Å². The standard InChI is InChI=1S/C37H58NO2/c1-5-7-9-11-13-14-15-16-18-23-35-33-24-25-36(39-4)37(40-28-19-17-12-10-8-6-2)34(33)26-27-38(35)30-32-22-20-21-31(3)29-32/h20-22,24-25,29H,5-19,23,26-28,30H2,1-4H3/q+1. The number of nitrogens with zero attached hydrogens (tertiary/aromatic N) is 1. The van der Waals surface area contributed by atoms with Crippen LogP contribution in [0.4, 0.5) is 0 Å². The van der Waals surface area contributed by atoms with E-state index in [1.165, 1.54) is 118 Å². The quantitative estimate of drug-likeness (QED) is 0.114. The molecule has 0 atom stereocenters. The minimum absolute atomic E-state index is 0.777. The number of unbranched alkanes of at least 4 members (excludes halogenated alkanes) is 13. The van der Waals surface area contributed by atoms with Crippen molar-refractivity contribution < 1.29 is 14.0 Å². The normalized spacial score (nSPS) is 13.0. The van der Waals surface area contributed by atoms with E-state index in [4.69, 9.17) is 9.47 Å². The molecular formula is C37H58NO2+. The summed E-state index contributed by atoms with van der Waals surface area (Å²) in [5, 5.41) is 0. The fourth-order valence-electron chi connectivity index (χ4n) is 6.15. The number of rotatable bonds is 21. The molecule has 2 aromatic carbocycles. The van der Waals surface area contributed by atoms with Gasteiger partial charge in [0.25, 0.3) is 0 Å². The third-order valence-electron chi connectivity index (χ3n) is 8.49. The lowest BCUT2D eigenvalue weighted by Gasteiger charge is -2.23. The second-order valence-corrected chi connectivity index (χ2v) is 11.9. The maximum Gasteiger partial charge on any atom is 0.184 e. The summed E-state index contributed by atoms with van der Waals surface area (Å²) in [4.78, 5) is 0. The Morgan fingerprint density at radius 3 is 2.05 bits per heavy atom. The zero-order chi connectivity index (χ0) is 28.4. The van der Waals surface area contributed by atoms with E-state index in [0.29, 0.717) is 0 Å². The van der Waals surface area contributed by atoms with Gasteiger partial charge in [-0.2, -0.15) is 0 Å². The third-order valence-corrected chi connectivity index (χ3v) is 8.49. The van der Waals surface area contributed by atoms with E-state index in [-0.39, 0.29) is 0 Å². The van der Waals surface area contributed by atoms with Gasteiger partial charge in [0.05, 0.1) is 13.7 Å². The smallest absolute Gasteiger partial charge is 0.184 e. The lowest BCUT2D eigenvalue weighted by atomic mass is 9.91. The summed E-state index contributed by atoms with van der Waals surface area (Å²) < 4.78 is 14.9. The molecule has 0 aromatic heterocycles. The van der Waals surface area contributed by atoms with Gasteiger partial charge in [-0.15, -0.1) is 0 Å². The number of methoxy groups -OCH3 is 1. The van der Waals surface area contributed by atoms with Crippen LogP contribution in [-0.2, 0) is 13.0 Å². The van der Waals surface area contributed by atoms with Gasteiger partial charge in [-0.05, 0) is 38.0 Å². The van der Waals surface area contributed by atoms with Crippen LogP contribution in [-0.4, -0.2) is 30.5 Å². The summed E-state index contributed by atoms with van der Waals surface area (Å²) in [6.45, 7) is 9.56. The minimum atomic E-state index is 0.777. The summed E-state index contributed by atoms with van der Waals surface area (Å²) >= 11 is 0. The monoisotopic (exact) mass is 548 g/mol. The van der Waals surface area contributed by atoms with Crippen molar-refractivity contribution in [3.63, 3.8) is 0 Å². The largest absolute Gasteiger partial charge is 0.493 e. The number of hydrogen-bond donors (Lipinski definition) is 0. The third kappa shape index (κ3) is 10.6. The van der Waals surface area contributed by atoms with Crippen LogP contribution in [0.2, 0.25) is 0 Å². The SMILES string of the molecule is CCCCCCCCCCCC1=[N+](Cc2cccc(C)c2)CCc2c1ccc(OC)c2OCCCCCCCC. The first-order chi connectivity index (χ1) is 19.7. The van der Waals surface area contributed by atoms with Gasteiger partial charge in [0, 0.05) is 29.5 Å². The van der Waals surface area contributed by atoms with Crippen LogP contribution in [0.25, 0.3) is 0 Å². The molecule has 0 aliphatic carbocycles. The number of hydrogen-bond acceptors (Lipinski definition) is 2. The Hall–Kier alpha value is -2.29. The fraction of sp³-hybridized carbons (Fsp3) is 0.649. The summed E-state index contributed by atoms with van der Waals surface area (Å²) in [6, 6.07) is 13.5. The summed E-state index contributed by atoms with van der Waals surface area (Å²) in [7, 11) is 1.78. The van der Waals surface area contributed by atoms with E-state index < -0.39 is 0 Å². The molecule has 1 heterocycles. The van der Waals surface area contributed by atoms with E-state index >= 15 is 0 Å². The van der Waals surface area contributed by atoms with Crippen LogP contribution >= 0.6 is 0 Å². The highest BCUT2D eigenvalue weighted by molar-refractivity contribution is 5.99. The molecule has 0 spiro atoms. The number of aryl methyl sites for hydroxylation is 1. The van der Waals surface area contributed by atoms with Crippen molar-refractivity contribution in [2.45, 2.75) is 136 Å². The van der Waals surface area contributed by atoms with E-state index in [1.807, 2.05) is 0 Å². The van der Waals surface area contributed by atoms with Gasteiger partial charge in [-0.3, -0.25) is 0 Å². The first-order valence-electron chi connectivity index (χ1n) is 16.7. The Kier molecular flexibility index (Phi) is 15.3. The van der Waals surface area contributed by atoms with Gasteiger partial charge < -0.3 is 9.47 Å². The average Bonchev–Trinajstić information content (AvgIpc) is 2.96. The molecule has 0 saturated carbocycles. The Balaban J connectivity index is 1.71. The highest BCUT2D eigenvalue weighted by Gasteiger charge is 2.29. The lowest BCUT2D eigenvalue weighted by molar-refractivity contribution is -0.545. The lowest BCUT2D eigenvalue weighted by Crippen LogP contribution is -2.30. The summed E-state index contributed by atoms with van der Waals surface area (Å²) in [5.41, 5.74) is 6.98. The molecule has 2 aromatic rings. The number of fused-ring (bicyclic) bond motifs is 1. The zero-order valence-corrected chi connectivity index (χ0v) is 26.4. The highest BCUT2D eigenvalue weighted by atomic mass is 16.5. The maximum absolute atomic E-state index is 6.49. The van der Waals surface area contributed by atoms with Gasteiger partial charge in [-0.1, -0.05) is 121 Å². The Morgan fingerprint density at radius 1 is 0.750 bits per heavy atom. The summed E-state index contributed by atoms with van der Waals surface area (Å²) in [5.74, 6) is 1.88. The molecule has 0 amide bonds. The Labute approximate surface area is 246 Å². The second-order valence-electron chi connectivity index (χ2n) is 11.9. The Bertz CT molecular complexity index is 1020. The minimum Gasteiger partial charge on any atom is -0.493 e. The van der Waals surface area contributed by atoms with Crippen molar-refractivity contribution in [2.24, 2.45) is 0 Å². The average molecular weight is 549 g/mol. The van der Waals surface area contributed by atoms with Gasteiger partial charge in [0.1, 0.15) is 6.54 Å². The van der Waals surface area contributed by atoms with Crippen LogP contribution in [0.5, 0.6) is 11.5 Å². The molecule has 0 unspecified atom stereocenters. The van der Waals surface area contributed by atoms with E-state index in [0.717, 1.165) is 50.5 Å². The van der Waals surface area contributed by atoms with Crippen LogP contribution in [0.15, 0.2) is 36.4 Å². The van der Waals surface area contributed by atoms with Crippen molar-refractivity contribution in [3.05, 3.63) is 58.7 Å². The Morgan fingerprint density at radius 2 is 1.40 bits per heavy atom. The predicted octanol–water partition coefficient (Wildman–Crippen LogP) is 10.2. The highest BCUT2D eigenvalue weighted by Crippen LogP contribution is 2.37. The molecule has 222 valence electrons. The topological polar surface area (TPSA) is 21.5 Å². The molecule has 0 fully saturated rings. The number of ether oxygens (including phenoxy) is 2. The van der Waals surface area contributed by atoms with Crippen molar-refractivity contribution >= 4 is 5.71 Å². The van der Waals surface area contributed by atoms with Crippen LogP contribution in [0, 0.1) is 6.92 Å². The molecule has 0 saturated heterocycles. The first-order valence-corrected chi connectivity index (χ1v) is 16.7. The molecule has 3 heteroatoms. The number of benzene rings is 2. The summed E-state index contributed by atoms with van der Waals surface area (Å²) in [6.07, 6.45) is 22.1. The van der Waals surface area contributed by atoms with Crippen molar-refractivity contribution in [1.82, 2.24) is 0 Å². The fourth-order valence-corrected chi connectivity index (χ4v) is 6.15. The molecule has 1 aliphatic heterocycles. The van der Waals surface area contributed by atoms with Gasteiger partial charge in [0.15, 0.2) is 23.8 Å². The molecule has 0 bridgehead atoms. The van der Waals surface area contributed by atoms with E-state index in [1.54, 1.807) is 7.11 Å².